The van der Waals surface area contributed by atoms with Crippen molar-refractivity contribution in [1.29, 1.82) is 0 Å². The van der Waals surface area contributed by atoms with Crippen LogP contribution in [0.15, 0.2) is 0 Å². The van der Waals surface area contributed by atoms with Crippen molar-refractivity contribution in [3.05, 3.63) is 0 Å². The van der Waals surface area contributed by atoms with E-state index in [0.29, 0.717) is 13.2 Å². The van der Waals surface area contributed by atoms with Crippen LogP contribution < -0.4 is 5.32 Å². The van der Waals surface area contributed by atoms with Gasteiger partial charge >= 0.3 is 12.0 Å². The molecule has 0 radical (unpaired) electrons. The highest BCUT2D eigenvalue weighted by molar-refractivity contribution is 5.82. The van der Waals surface area contributed by atoms with Gasteiger partial charge in [-0.15, -0.1) is 0 Å². The molecule has 1 rings (SSSR count). The predicted octanol–water partition coefficient (Wildman–Crippen LogP) is 0.278. The molecule has 1 aliphatic heterocycles. The summed E-state index contributed by atoms with van der Waals surface area (Å²) in [6.07, 6.45) is -0.0120. The second-order valence-electron chi connectivity index (χ2n) is 4.15. The summed E-state index contributed by atoms with van der Waals surface area (Å²) in [7, 11) is 0. The number of hydrogen-bond donors (Lipinski definition) is 2. The maximum absolute atomic E-state index is 11.8. The first-order valence-corrected chi connectivity index (χ1v) is 5.33. The molecule has 2 N–H and O–H groups in total. The molecule has 3 atom stereocenters. The van der Waals surface area contributed by atoms with Crippen molar-refractivity contribution in [2.75, 3.05) is 13.2 Å². The average Bonchev–Trinajstić information content (AvgIpc) is 2.21. The quantitative estimate of drug-likeness (QED) is 0.714. The molecule has 6 heteroatoms. The van der Waals surface area contributed by atoms with E-state index in [2.05, 4.69) is 5.32 Å². The number of carbonyl (C=O) groups is 2. The molecule has 0 saturated carbocycles. The third kappa shape index (κ3) is 3.10. The number of rotatable bonds is 2. The first-order chi connectivity index (χ1) is 7.41. The molecular weight excluding hydrogens is 212 g/mol. The van der Waals surface area contributed by atoms with Crippen LogP contribution in [0.3, 0.4) is 0 Å². The van der Waals surface area contributed by atoms with Gasteiger partial charge in [-0.1, -0.05) is 0 Å². The van der Waals surface area contributed by atoms with Crippen molar-refractivity contribution in [2.45, 2.75) is 39.0 Å². The van der Waals surface area contributed by atoms with Crippen LogP contribution in [0.4, 0.5) is 4.79 Å². The number of ether oxygens (including phenoxy) is 1. The van der Waals surface area contributed by atoms with Crippen molar-refractivity contribution in [1.82, 2.24) is 10.2 Å². The van der Waals surface area contributed by atoms with E-state index in [1.54, 1.807) is 4.90 Å². The Hall–Kier alpha value is -1.30. The van der Waals surface area contributed by atoms with Gasteiger partial charge in [0, 0.05) is 6.54 Å². The number of nitrogens with one attached hydrogen (secondary N) is 1. The topological polar surface area (TPSA) is 78.9 Å². The molecule has 92 valence electrons. The molecular formula is C10H18N2O4. The maximum Gasteiger partial charge on any atom is 0.325 e. The van der Waals surface area contributed by atoms with Crippen molar-refractivity contribution in [3.63, 3.8) is 0 Å². The first-order valence-electron chi connectivity index (χ1n) is 5.33. The van der Waals surface area contributed by atoms with Gasteiger partial charge in [-0.3, -0.25) is 4.79 Å². The maximum atomic E-state index is 11.8. The van der Waals surface area contributed by atoms with Crippen LogP contribution >= 0.6 is 0 Å². The first kappa shape index (κ1) is 12.8. The molecule has 2 unspecified atom stereocenters. The van der Waals surface area contributed by atoms with Crippen LogP contribution in [-0.4, -0.2) is 53.3 Å². The second-order valence-corrected chi connectivity index (χ2v) is 4.15. The van der Waals surface area contributed by atoms with Gasteiger partial charge in [0.25, 0.3) is 0 Å². The van der Waals surface area contributed by atoms with Crippen molar-refractivity contribution < 1.29 is 19.4 Å². The zero-order chi connectivity index (χ0) is 12.3. The van der Waals surface area contributed by atoms with E-state index in [0.717, 1.165) is 0 Å². The Balaban J connectivity index is 2.55. The van der Waals surface area contributed by atoms with E-state index in [1.807, 2.05) is 13.8 Å². The van der Waals surface area contributed by atoms with Crippen LogP contribution in [0.2, 0.25) is 0 Å². The van der Waals surface area contributed by atoms with E-state index >= 15 is 0 Å². The molecule has 0 spiro atoms. The van der Waals surface area contributed by atoms with Crippen LogP contribution in [0.1, 0.15) is 20.8 Å². The van der Waals surface area contributed by atoms with E-state index in [4.69, 9.17) is 9.84 Å². The Morgan fingerprint density at radius 2 is 2.12 bits per heavy atom. The summed E-state index contributed by atoms with van der Waals surface area (Å²) >= 11 is 0. The van der Waals surface area contributed by atoms with E-state index in [1.165, 1.54) is 6.92 Å². The zero-order valence-electron chi connectivity index (χ0n) is 9.77. The summed E-state index contributed by atoms with van der Waals surface area (Å²) in [6, 6.07) is -1.26. The van der Waals surface area contributed by atoms with Crippen LogP contribution in [-0.2, 0) is 9.53 Å². The third-order valence-corrected chi connectivity index (χ3v) is 2.58. The Morgan fingerprint density at radius 3 is 2.69 bits per heavy atom. The second kappa shape index (κ2) is 5.16. The van der Waals surface area contributed by atoms with Gasteiger partial charge < -0.3 is 20.1 Å². The van der Waals surface area contributed by atoms with Crippen LogP contribution in [0, 0.1) is 0 Å². The summed E-state index contributed by atoms with van der Waals surface area (Å²) in [5, 5.41) is 11.1. The Labute approximate surface area is 94.6 Å². The lowest BCUT2D eigenvalue weighted by atomic mass is 10.2. The van der Waals surface area contributed by atoms with Gasteiger partial charge in [-0.05, 0) is 20.8 Å². The average molecular weight is 230 g/mol. The minimum atomic E-state index is -1.04. The fourth-order valence-electron chi connectivity index (χ4n) is 1.52. The number of morpholine rings is 1. The lowest BCUT2D eigenvalue weighted by Crippen LogP contribution is -2.55. The summed E-state index contributed by atoms with van der Waals surface area (Å²) in [4.78, 5) is 24.0. The largest absolute Gasteiger partial charge is 0.480 e. The molecule has 0 aromatic rings. The Bertz CT molecular complexity index is 282. The molecule has 1 fully saturated rings. The lowest BCUT2D eigenvalue weighted by molar-refractivity contribution is -0.138. The minimum Gasteiger partial charge on any atom is -0.480 e. The van der Waals surface area contributed by atoms with Gasteiger partial charge in [0.1, 0.15) is 6.04 Å². The molecule has 2 amide bonds. The predicted molar refractivity (Wildman–Crippen MR) is 57.2 cm³/mol. The summed E-state index contributed by atoms with van der Waals surface area (Å²) in [6.45, 7) is 6.16. The molecule has 1 heterocycles. The van der Waals surface area contributed by atoms with E-state index in [-0.39, 0.29) is 18.2 Å². The number of carboxylic acids is 1. The number of urea groups is 1. The number of carboxylic acid groups (broad SMARTS) is 1. The number of hydrogen-bond acceptors (Lipinski definition) is 3. The lowest BCUT2D eigenvalue weighted by Gasteiger charge is -2.37. The van der Waals surface area contributed by atoms with E-state index in [9.17, 15) is 9.59 Å². The number of carbonyl (C=O) groups excluding carboxylic acids is 1. The third-order valence-electron chi connectivity index (χ3n) is 2.58. The summed E-state index contributed by atoms with van der Waals surface area (Å²) in [5.74, 6) is -1.04. The van der Waals surface area contributed by atoms with Crippen molar-refractivity contribution >= 4 is 12.0 Å². The standard InChI is InChI=1S/C10H18N2O4/c1-6-5-16-7(2)4-12(6)10(15)11-8(3)9(13)14/h6-8H,4-5H2,1-3H3,(H,11,15)(H,13,14)/t6?,7?,8-/m0/s1. The van der Waals surface area contributed by atoms with Gasteiger partial charge in [0.15, 0.2) is 0 Å². The fourth-order valence-corrected chi connectivity index (χ4v) is 1.52. The Kier molecular flexibility index (Phi) is 4.12. The summed E-state index contributed by atoms with van der Waals surface area (Å²) in [5.41, 5.74) is 0. The molecule has 0 aromatic carbocycles. The van der Waals surface area contributed by atoms with Crippen molar-refractivity contribution in [3.8, 4) is 0 Å². The molecule has 0 aliphatic carbocycles. The minimum absolute atomic E-state index is 0.0120. The summed E-state index contributed by atoms with van der Waals surface area (Å²) < 4.78 is 5.38. The highest BCUT2D eigenvalue weighted by atomic mass is 16.5. The Morgan fingerprint density at radius 1 is 1.50 bits per heavy atom. The molecule has 0 bridgehead atoms. The smallest absolute Gasteiger partial charge is 0.325 e. The monoisotopic (exact) mass is 230 g/mol. The van der Waals surface area contributed by atoms with Gasteiger partial charge in [-0.2, -0.15) is 0 Å². The van der Waals surface area contributed by atoms with Gasteiger partial charge in [-0.25, -0.2) is 4.79 Å². The highest BCUT2D eigenvalue weighted by Gasteiger charge is 2.28. The fraction of sp³-hybridized carbons (Fsp3) is 0.800. The molecule has 1 saturated heterocycles. The van der Waals surface area contributed by atoms with Crippen molar-refractivity contribution in [2.24, 2.45) is 0 Å². The number of nitrogens with zero attached hydrogens (tertiary/aromatic N) is 1. The van der Waals surface area contributed by atoms with E-state index < -0.39 is 12.0 Å². The molecule has 6 nitrogen and oxygen atoms in total. The zero-order valence-corrected chi connectivity index (χ0v) is 9.77. The van der Waals surface area contributed by atoms with Crippen LogP contribution in [0.25, 0.3) is 0 Å². The number of amides is 2. The van der Waals surface area contributed by atoms with Gasteiger partial charge in [0.05, 0.1) is 18.8 Å². The normalized spacial score (nSPS) is 27.3. The molecule has 16 heavy (non-hydrogen) atoms. The molecule has 0 aromatic heterocycles. The number of aliphatic carboxylic acids is 1. The SMILES string of the molecule is CC1CN(C(=O)N[C@@H](C)C(=O)O)C(C)CO1. The van der Waals surface area contributed by atoms with Crippen LogP contribution in [0.5, 0.6) is 0 Å². The molecule has 1 aliphatic rings. The van der Waals surface area contributed by atoms with Gasteiger partial charge in [0.2, 0.25) is 0 Å². The highest BCUT2D eigenvalue weighted by Crippen LogP contribution is 2.11.